The van der Waals surface area contributed by atoms with Crippen molar-refractivity contribution in [1.82, 2.24) is 15.5 Å². The maximum atomic E-state index is 13.0. The van der Waals surface area contributed by atoms with E-state index in [-0.39, 0.29) is 34.2 Å². The molecular weight excluding hydrogens is 345 g/mol. The predicted molar refractivity (Wildman–Crippen MR) is 82.3 cm³/mol. The zero-order valence-corrected chi connectivity index (χ0v) is 12.9. The van der Waals surface area contributed by atoms with E-state index in [2.05, 4.69) is 20.8 Å². The van der Waals surface area contributed by atoms with Crippen molar-refractivity contribution in [2.75, 3.05) is 5.32 Å². The normalized spacial score (nSPS) is 14.3. The third-order valence-electron chi connectivity index (χ3n) is 3.36. The number of halogens is 4. The van der Waals surface area contributed by atoms with Crippen LogP contribution in [0.4, 0.5) is 24.7 Å². The van der Waals surface area contributed by atoms with Gasteiger partial charge in [-0.2, -0.15) is 13.2 Å². The Kier molecular flexibility index (Phi) is 4.31. The van der Waals surface area contributed by atoms with Gasteiger partial charge in [-0.25, -0.2) is 0 Å². The van der Waals surface area contributed by atoms with Gasteiger partial charge >= 0.3 is 6.18 Å². The number of hydrogen-bond acceptors (Lipinski definition) is 4. The lowest BCUT2D eigenvalue weighted by molar-refractivity contribution is -0.136. The molecule has 0 saturated heterocycles. The van der Waals surface area contributed by atoms with Crippen molar-refractivity contribution in [1.29, 1.82) is 0 Å². The minimum absolute atomic E-state index is 0.0222. The molecule has 2 N–H and O–H groups in total. The zero-order chi connectivity index (χ0) is 17.3. The molecule has 1 fully saturated rings. The molecule has 1 aliphatic rings. The number of amides is 1. The third-order valence-corrected chi connectivity index (χ3v) is 3.59. The molecule has 1 aromatic carbocycles. The van der Waals surface area contributed by atoms with Crippen molar-refractivity contribution >= 4 is 29.0 Å². The van der Waals surface area contributed by atoms with Gasteiger partial charge < -0.3 is 10.6 Å². The average molecular weight is 357 g/mol. The Bertz CT molecular complexity index is 760. The molecule has 0 spiro atoms. The van der Waals surface area contributed by atoms with E-state index >= 15 is 0 Å². The number of rotatable bonds is 4. The minimum Gasteiger partial charge on any atom is -0.348 e. The number of alkyl halides is 3. The van der Waals surface area contributed by atoms with Crippen LogP contribution in [0.5, 0.6) is 0 Å². The topological polar surface area (TPSA) is 66.9 Å². The molecule has 1 saturated carbocycles. The fourth-order valence-corrected chi connectivity index (χ4v) is 2.18. The van der Waals surface area contributed by atoms with Gasteiger partial charge in [0, 0.05) is 11.1 Å². The summed E-state index contributed by atoms with van der Waals surface area (Å²) in [6.45, 7) is 0. The molecular formula is C15H12ClF3N4O. The zero-order valence-electron chi connectivity index (χ0n) is 12.2. The van der Waals surface area contributed by atoms with Gasteiger partial charge in [-0.3, -0.25) is 4.79 Å². The fourth-order valence-electron chi connectivity index (χ4n) is 2.01. The molecule has 1 aliphatic carbocycles. The number of nitrogens with zero attached hydrogens (tertiary/aromatic N) is 2. The lowest BCUT2D eigenvalue weighted by Crippen LogP contribution is -2.26. The van der Waals surface area contributed by atoms with E-state index in [1.165, 1.54) is 24.3 Å². The Morgan fingerprint density at radius 3 is 2.50 bits per heavy atom. The summed E-state index contributed by atoms with van der Waals surface area (Å²) in [6, 6.07) is 6.35. The SMILES string of the molecule is O=C(NC1CC1)c1ccc(Nc2ccc(Cl)cc2C(F)(F)F)nn1. The molecule has 0 atom stereocenters. The summed E-state index contributed by atoms with van der Waals surface area (Å²) < 4.78 is 39.1. The number of hydrogen-bond donors (Lipinski definition) is 2. The van der Waals surface area contributed by atoms with E-state index in [0.29, 0.717) is 0 Å². The number of carbonyl (C=O) groups is 1. The van der Waals surface area contributed by atoms with E-state index in [1.54, 1.807) is 0 Å². The summed E-state index contributed by atoms with van der Waals surface area (Å²) in [6.07, 6.45) is -2.68. The molecule has 1 amide bonds. The lowest BCUT2D eigenvalue weighted by Gasteiger charge is -2.14. The largest absolute Gasteiger partial charge is 0.418 e. The smallest absolute Gasteiger partial charge is 0.348 e. The third kappa shape index (κ3) is 3.94. The molecule has 1 aromatic heterocycles. The van der Waals surface area contributed by atoms with Gasteiger partial charge in [0.2, 0.25) is 0 Å². The molecule has 3 rings (SSSR count). The molecule has 9 heteroatoms. The second kappa shape index (κ2) is 6.27. The minimum atomic E-state index is -4.56. The highest BCUT2D eigenvalue weighted by Crippen LogP contribution is 2.37. The predicted octanol–water partition coefficient (Wildman–Crippen LogP) is 3.78. The molecule has 126 valence electrons. The van der Waals surface area contributed by atoms with E-state index in [9.17, 15) is 18.0 Å². The molecule has 0 bridgehead atoms. The van der Waals surface area contributed by atoms with Gasteiger partial charge in [-0.05, 0) is 43.2 Å². The summed E-state index contributed by atoms with van der Waals surface area (Å²) >= 11 is 5.63. The second-order valence-electron chi connectivity index (χ2n) is 5.36. The van der Waals surface area contributed by atoms with Crippen molar-refractivity contribution in [3.8, 4) is 0 Å². The highest BCUT2D eigenvalue weighted by atomic mass is 35.5. The van der Waals surface area contributed by atoms with Crippen LogP contribution in [-0.4, -0.2) is 22.1 Å². The standard InChI is InChI=1S/C15H12ClF3N4O/c16-8-1-4-11(10(7-8)15(17,18)19)21-13-6-5-12(22-23-13)14(24)20-9-2-3-9/h1,4-7,9H,2-3H2,(H,20,24)(H,21,23). The first-order valence-corrected chi connectivity index (χ1v) is 7.49. The Morgan fingerprint density at radius 1 is 1.17 bits per heavy atom. The van der Waals surface area contributed by atoms with Crippen molar-refractivity contribution in [2.45, 2.75) is 25.1 Å². The number of benzene rings is 1. The average Bonchev–Trinajstić information content (AvgIpc) is 3.32. The monoisotopic (exact) mass is 356 g/mol. The van der Waals surface area contributed by atoms with Crippen LogP contribution in [0.3, 0.4) is 0 Å². The Hall–Kier alpha value is -2.35. The Morgan fingerprint density at radius 2 is 1.92 bits per heavy atom. The van der Waals surface area contributed by atoms with Crippen LogP contribution in [0, 0.1) is 0 Å². The van der Waals surface area contributed by atoms with E-state index in [4.69, 9.17) is 11.6 Å². The number of carbonyl (C=O) groups excluding carboxylic acids is 1. The first kappa shape index (κ1) is 16.5. The molecule has 5 nitrogen and oxygen atoms in total. The maximum absolute atomic E-state index is 13.0. The number of anilines is 2. The summed E-state index contributed by atoms with van der Waals surface area (Å²) in [5.74, 6) is -0.259. The molecule has 0 aliphatic heterocycles. The molecule has 1 heterocycles. The van der Waals surface area contributed by atoms with Crippen LogP contribution in [0.25, 0.3) is 0 Å². The Balaban J connectivity index is 1.77. The first-order valence-electron chi connectivity index (χ1n) is 7.11. The van der Waals surface area contributed by atoms with E-state index < -0.39 is 11.7 Å². The molecule has 0 radical (unpaired) electrons. The number of aromatic nitrogens is 2. The van der Waals surface area contributed by atoms with Gasteiger partial charge in [0.15, 0.2) is 11.5 Å². The van der Waals surface area contributed by atoms with Crippen LogP contribution in [-0.2, 0) is 6.18 Å². The van der Waals surface area contributed by atoms with E-state index in [1.807, 2.05) is 0 Å². The van der Waals surface area contributed by atoms with Gasteiger partial charge in [0.1, 0.15) is 0 Å². The molecule has 2 aromatic rings. The summed E-state index contributed by atoms with van der Waals surface area (Å²) in [5, 5.41) is 12.7. The van der Waals surface area contributed by atoms with Gasteiger partial charge in [-0.1, -0.05) is 11.6 Å². The van der Waals surface area contributed by atoms with E-state index in [0.717, 1.165) is 18.9 Å². The van der Waals surface area contributed by atoms with Gasteiger partial charge in [0.05, 0.1) is 11.3 Å². The summed E-state index contributed by atoms with van der Waals surface area (Å²) in [7, 11) is 0. The van der Waals surface area contributed by atoms with Crippen molar-refractivity contribution in [3.05, 3.63) is 46.6 Å². The van der Waals surface area contributed by atoms with Crippen LogP contribution >= 0.6 is 11.6 Å². The Labute approximate surface area is 140 Å². The van der Waals surface area contributed by atoms with Crippen molar-refractivity contribution in [2.24, 2.45) is 0 Å². The highest BCUT2D eigenvalue weighted by molar-refractivity contribution is 6.30. The van der Waals surface area contributed by atoms with Crippen molar-refractivity contribution < 1.29 is 18.0 Å². The van der Waals surface area contributed by atoms with Crippen LogP contribution in [0.1, 0.15) is 28.9 Å². The highest BCUT2D eigenvalue weighted by Gasteiger charge is 2.34. The molecule has 0 unspecified atom stereocenters. The second-order valence-corrected chi connectivity index (χ2v) is 5.80. The quantitative estimate of drug-likeness (QED) is 0.874. The van der Waals surface area contributed by atoms with Gasteiger partial charge in [-0.15, -0.1) is 10.2 Å². The van der Waals surface area contributed by atoms with Crippen LogP contribution in [0.15, 0.2) is 30.3 Å². The molecule has 24 heavy (non-hydrogen) atoms. The maximum Gasteiger partial charge on any atom is 0.418 e. The van der Waals surface area contributed by atoms with Crippen LogP contribution in [0.2, 0.25) is 5.02 Å². The first-order chi connectivity index (χ1) is 11.3. The van der Waals surface area contributed by atoms with Gasteiger partial charge in [0.25, 0.3) is 5.91 Å². The van der Waals surface area contributed by atoms with Crippen LogP contribution < -0.4 is 10.6 Å². The fraction of sp³-hybridized carbons (Fsp3) is 0.267. The lowest BCUT2D eigenvalue weighted by atomic mass is 10.1. The summed E-state index contributed by atoms with van der Waals surface area (Å²) in [4.78, 5) is 11.8. The van der Waals surface area contributed by atoms with Crippen molar-refractivity contribution in [3.63, 3.8) is 0 Å². The summed E-state index contributed by atoms with van der Waals surface area (Å²) in [5.41, 5.74) is -0.997. The number of nitrogens with one attached hydrogen (secondary N) is 2.